The number of aromatic nitrogens is 4. The topological polar surface area (TPSA) is 161 Å². The molecule has 5 rings (SSSR count). The van der Waals surface area contributed by atoms with Gasteiger partial charge in [0.25, 0.3) is 5.91 Å². The minimum Gasteiger partial charge on any atom is -0.491 e. The number of aryl methyl sites for hydroxylation is 1. The number of para-hydroxylation sites is 1. The summed E-state index contributed by atoms with van der Waals surface area (Å²) in [5.41, 5.74) is 10.3. The summed E-state index contributed by atoms with van der Waals surface area (Å²) < 4.78 is 7.52. The van der Waals surface area contributed by atoms with E-state index in [2.05, 4.69) is 15.3 Å². The second kappa shape index (κ2) is 10.9. The van der Waals surface area contributed by atoms with Crippen molar-refractivity contribution in [3.63, 3.8) is 0 Å². The van der Waals surface area contributed by atoms with Crippen molar-refractivity contribution in [1.29, 1.82) is 0 Å². The summed E-state index contributed by atoms with van der Waals surface area (Å²) in [6.07, 6.45) is 0. The van der Waals surface area contributed by atoms with E-state index in [1.54, 1.807) is 37.3 Å². The number of carbonyl (C=O) groups excluding carboxylic acids is 1. The predicted octanol–water partition coefficient (Wildman–Crippen LogP) is 4.12. The molecular formula is C29H29N7O4. The summed E-state index contributed by atoms with van der Waals surface area (Å²) in [4.78, 5) is 41.4. The molecule has 0 fully saturated rings. The molecule has 1 amide bonds. The van der Waals surface area contributed by atoms with Gasteiger partial charge in [-0.15, -0.1) is 0 Å². The normalized spacial score (nSPS) is 12.5. The fraction of sp³-hybridized carbons (Fsp3) is 0.207. The van der Waals surface area contributed by atoms with Crippen molar-refractivity contribution in [2.75, 3.05) is 13.2 Å². The minimum atomic E-state index is -1.07. The first-order valence-corrected chi connectivity index (χ1v) is 12.7. The summed E-state index contributed by atoms with van der Waals surface area (Å²) in [6.45, 7) is 4.10. The Morgan fingerprint density at radius 2 is 1.90 bits per heavy atom. The van der Waals surface area contributed by atoms with Crippen LogP contribution in [-0.4, -0.2) is 55.5 Å². The first-order valence-electron chi connectivity index (χ1n) is 12.7. The zero-order valence-electron chi connectivity index (χ0n) is 22.3. The zero-order valence-corrected chi connectivity index (χ0v) is 22.3. The Bertz CT molecular complexity index is 1770. The van der Waals surface area contributed by atoms with Crippen molar-refractivity contribution in [3.05, 3.63) is 83.4 Å². The number of carboxylic acids is 1. The molecule has 0 bridgehead atoms. The highest BCUT2D eigenvalue weighted by atomic mass is 16.5. The van der Waals surface area contributed by atoms with Gasteiger partial charge in [0.05, 0.1) is 46.1 Å². The molecule has 2 aromatic heterocycles. The maximum absolute atomic E-state index is 12.8. The number of imidazole rings is 2. The molecule has 3 aromatic carbocycles. The van der Waals surface area contributed by atoms with Crippen LogP contribution in [0.4, 0.5) is 5.69 Å². The maximum atomic E-state index is 12.8. The van der Waals surface area contributed by atoms with Crippen LogP contribution in [0, 0.1) is 0 Å². The summed E-state index contributed by atoms with van der Waals surface area (Å²) in [7, 11) is 1.91. The molecule has 0 aliphatic rings. The van der Waals surface area contributed by atoms with Crippen LogP contribution in [0.25, 0.3) is 22.1 Å². The van der Waals surface area contributed by atoms with E-state index in [0.29, 0.717) is 11.4 Å². The van der Waals surface area contributed by atoms with E-state index < -0.39 is 5.97 Å². The molecule has 11 heteroatoms. The molecule has 5 N–H and O–H groups in total. The molecule has 0 saturated carbocycles. The number of fused-ring (bicyclic) bond motifs is 2. The number of carbonyl (C=O) groups is 2. The number of ether oxygens (including phenoxy) is 1. The first kappa shape index (κ1) is 26.4. The number of H-pyrrole nitrogens is 1. The van der Waals surface area contributed by atoms with E-state index in [0.717, 1.165) is 39.4 Å². The number of hydrogen-bond donors (Lipinski definition) is 4. The minimum absolute atomic E-state index is 0.0729. The molecule has 1 atom stereocenters. The van der Waals surface area contributed by atoms with Crippen molar-refractivity contribution < 1.29 is 19.4 Å². The second-order valence-corrected chi connectivity index (χ2v) is 9.44. The zero-order chi connectivity index (χ0) is 28.4. The number of nitrogens with two attached hydrogens (primary N) is 1. The predicted molar refractivity (Wildman–Crippen MR) is 153 cm³/mol. The van der Waals surface area contributed by atoms with Crippen molar-refractivity contribution in [2.24, 2.45) is 17.8 Å². The highest BCUT2D eigenvalue weighted by Gasteiger charge is 2.20. The molecule has 1 unspecified atom stereocenters. The van der Waals surface area contributed by atoms with E-state index in [1.165, 1.54) is 6.07 Å². The average molecular weight is 540 g/mol. The van der Waals surface area contributed by atoms with Gasteiger partial charge in [-0.1, -0.05) is 12.1 Å². The Hall–Kier alpha value is -5.19. The van der Waals surface area contributed by atoms with Crippen LogP contribution >= 0.6 is 0 Å². The molecule has 0 aliphatic carbocycles. The molecule has 0 aliphatic heterocycles. The third kappa shape index (κ3) is 5.35. The molecule has 5 aromatic rings. The van der Waals surface area contributed by atoms with Gasteiger partial charge in [-0.05, 0) is 62.4 Å². The smallest absolute Gasteiger partial charge is 0.339 e. The highest BCUT2D eigenvalue weighted by molar-refractivity contribution is 5.97. The molecule has 0 saturated heterocycles. The van der Waals surface area contributed by atoms with Crippen LogP contribution in [-0.2, 0) is 7.05 Å². The Kier molecular flexibility index (Phi) is 7.19. The van der Waals surface area contributed by atoms with Crippen molar-refractivity contribution >= 4 is 45.5 Å². The molecule has 204 valence electrons. The van der Waals surface area contributed by atoms with Gasteiger partial charge in [-0.25, -0.2) is 19.8 Å². The summed E-state index contributed by atoms with van der Waals surface area (Å²) >= 11 is 0. The number of aromatic amines is 1. The molecule has 40 heavy (non-hydrogen) atoms. The number of nitrogens with one attached hydrogen (secondary N) is 2. The number of nitrogens with zero attached hydrogens (tertiary/aromatic N) is 4. The first-order chi connectivity index (χ1) is 19.2. The fourth-order valence-corrected chi connectivity index (χ4v) is 4.55. The van der Waals surface area contributed by atoms with Crippen LogP contribution < -0.4 is 15.8 Å². The van der Waals surface area contributed by atoms with E-state index in [1.807, 2.05) is 42.8 Å². The van der Waals surface area contributed by atoms with Crippen LogP contribution in [0.3, 0.4) is 0 Å². The van der Waals surface area contributed by atoms with E-state index in [-0.39, 0.29) is 36.3 Å². The van der Waals surface area contributed by atoms with Gasteiger partial charge in [0.1, 0.15) is 29.6 Å². The van der Waals surface area contributed by atoms with Crippen LogP contribution in [0.1, 0.15) is 52.1 Å². The fourth-order valence-electron chi connectivity index (χ4n) is 4.55. The molecule has 11 nitrogen and oxygen atoms in total. The van der Waals surface area contributed by atoms with Crippen molar-refractivity contribution in [2.45, 2.75) is 19.8 Å². The molecule has 0 radical (unpaired) electrons. The number of rotatable bonds is 9. The van der Waals surface area contributed by atoms with Gasteiger partial charge in [-0.2, -0.15) is 0 Å². The SMILES string of the molecule is CC(N)=Nc1ccc2nc(C(C)c3nc4ccc(C(=O)NCCOc5ccccc5C(=O)O)cc4n3C)[nH]c2c1. The summed E-state index contributed by atoms with van der Waals surface area (Å²) in [5.74, 6) is 0.822. The third-order valence-electron chi connectivity index (χ3n) is 6.53. The van der Waals surface area contributed by atoms with Gasteiger partial charge >= 0.3 is 5.97 Å². The molecular weight excluding hydrogens is 510 g/mol. The van der Waals surface area contributed by atoms with Gasteiger partial charge in [-0.3, -0.25) is 4.79 Å². The van der Waals surface area contributed by atoms with Crippen LogP contribution in [0.15, 0.2) is 65.7 Å². The van der Waals surface area contributed by atoms with Gasteiger partial charge in [0.2, 0.25) is 0 Å². The monoisotopic (exact) mass is 539 g/mol. The second-order valence-electron chi connectivity index (χ2n) is 9.44. The quantitative estimate of drug-likeness (QED) is 0.124. The lowest BCUT2D eigenvalue weighted by Crippen LogP contribution is -2.28. The third-order valence-corrected chi connectivity index (χ3v) is 6.53. The number of aliphatic imine (C=N–C) groups is 1. The maximum Gasteiger partial charge on any atom is 0.339 e. The summed E-state index contributed by atoms with van der Waals surface area (Å²) in [6, 6.07) is 17.4. The lowest BCUT2D eigenvalue weighted by molar-refractivity contribution is 0.0691. The Morgan fingerprint density at radius 3 is 2.67 bits per heavy atom. The Morgan fingerprint density at radius 1 is 1.12 bits per heavy atom. The van der Waals surface area contributed by atoms with Crippen LogP contribution in [0.5, 0.6) is 5.75 Å². The Balaban J connectivity index is 1.29. The number of carboxylic acid groups (broad SMARTS) is 1. The highest BCUT2D eigenvalue weighted by Crippen LogP contribution is 2.28. The largest absolute Gasteiger partial charge is 0.491 e. The number of amidine groups is 1. The number of hydrogen-bond acceptors (Lipinski definition) is 6. The van der Waals surface area contributed by atoms with E-state index in [9.17, 15) is 14.7 Å². The van der Waals surface area contributed by atoms with Gasteiger partial charge < -0.3 is 30.4 Å². The summed E-state index contributed by atoms with van der Waals surface area (Å²) in [5, 5.41) is 12.1. The molecule has 2 heterocycles. The van der Waals surface area contributed by atoms with E-state index >= 15 is 0 Å². The standard InChI is InChI=1S/C29H29N7O4/c1-16(26-33-21-11-9-19(32-17(2)30)15-23(21)34-26)27-35-22-10-8-18(14-24(22)36(27)3)28(37)31-12-13-40-25-7-5-4-6-20(25)29(38)39/h4-11,14-16H,12-13H2,1-3H3,(H2,30,32)(H,31,37)(H,33,34)(H,38,39). The van der Waals surface area contributed by atoms with Gasteiger partial charge in [0, 0.05) is 12.6 Å². The number of amides is 1. The van der Waals surface area contributed by atoms with Crippen LogP contribution in [0.2, 0.25) is 0 Å². The van der Waals surface area contributed by atoms with Crippen molar-refractivity contribution in [1.82, 2.24) is 24.8 Å². The Labute approximate surface area is 229 Å². The lowest BCUT2D eigenvalue weighted by Gasteiger charge is -2.10. The number of aromatic carboxylic acids is 1. The van der Waals surface area contributed by atoms with E-state index in [4.69, 9.17) is 20.4 Å². The molecule has 0 spiro atoms. The number of benzene rings is 3. The lowest BCUT2D eigenvalue weighted by atomic mass is 10.1. The van der Waals surface area contributed by atoms with Crippen molar-refractivity contribution in [3.8, 4) is 5.75 Å². The average Bonchev–Trinajstić information content (AvgIpc) is 3.51. The van der Waals surface area contributed by atoms with Gasteiger partial charge in [0.15, 0.2) is 0 Å².